The number of amides is 2. The molecule has 2 amide bonds. The van der Waals surface area contributed by atoms with E-state index in [1.165, 1.54) is 6.26 Å². The van der Waals surface area contributed by atoms with Crippen LogP contribution in [0.15, 0.2) is 65.3 Å². The summed E-state index contributed by atoms with van der Waals surface area (Å²) in [6, 6.07) is 15.6. The molecule has 144 valence electrons. The van der Waals surface area contributed by atoms with Gasteiger partial charge in [0.1, 0.15) is 5.75 Å². The lowest BCUT2D eigenvalue weighted by Gasteiger charge is -2.08. The van der Waals surface area contributed by atoms with Crippen molar-refractivity contribution < 1.29 is 18.7 Å². The average molecular weight is 399 g/mol. The van der Waals surface area contributed by atoms with E-state index >= 15 is 0 Å². The molecule has 7 heteroatoms. The third-order valence-electron chi connectivity index (χ3n) is 4.03. The van der Waals surface area contributed by atoms with Crippen molar-refractivity contribution in [3.05, 3.63) is 77.2 Å². The summed E-state index contributed by atoms with van der Waals surface area (Å²) in [5.41, 5.74) is 2.21. The zero-order valence-corrected chi connectivity index (χ0v) is 16.0. The third-order valence-corrected chi connectivity index (χ3v) is 4.32. The highest BCUT2D eigenvalue weighted by atomic mass is 35.5. The molecule has 2 aromatic carbocycles. The first-order valence-corrected chi connectivity index (χ1v) is 9.00. The van der Waals surface area contributed by atoms with Crippen LogP contribution in [0, 0.1) is 0 Å². The number of hydrogen-bond acceptors (Lipinski definition) is 4. The minimum atomic E-state index is -0.333. The van der Waals surface area contributed by atoms with Gasteiger partial charge in [-0.25, -0.2) is 0 Å². The molecule has 0 aliphatic carbocycles. The van der Waals surface area contributed by atoms with Crippen LogP contribution in [0.25, 0.3) is 0 Å². The Kier molecular flexibility index (Phi) is 6.34. The number of anilines is 2. The highest BCUT2D eigenvalue weighted by molar-refractivity contribution is 6.32. The smallest absolute Gasteiger partial charge is 0.291 e. The van der Waals surface area contributed by atoms with E-state index in [4.69, 9.17) is 20.8 Å². The minimum Gasteiger partial charge on any atom is -0.495 e. The van der Waals surface area contributed by atoms with Gasteiger partial charge in [0.05, 0.1) is 18.4 Å². The van der Waals surface area contributed by atoms with Crippen LogP contribution in [0.5, 0.6) is 5.75 Å². The number of methoxy groups -OCH3 is 1. The SMILES string of the molecule is COc1ccc(CCC(=O)Nc2ccc(NC(=O)c3ccco3)cc2)cc1Cl. The van der Waals surface area contributed by atoms with Crippen molar-refractivity contribution in [2.75, 3.05) is 17.7 Å². The average Bonchev–Trinajstić information content (AvgIpc) is 3.23. The number of benzene rings is 2. The van der Waals surface area contributed by atoms with Crippen molar-refractivity contribution in [2.24, 2.45) is 0 Å². The van der Waals surface area contributed by atoms with E-state index in [1.807, 2.05) is 6.07 Å². The van der Waals surface area contributed by atoms with E-state index in [0.29, 0.717) is 35.0 Å². The number of rotatable bonds is 7. The molecule has 0 aliphatic rings. The normalized spacial score (nSPS) is 10.4. The maximum absolute atomic E-state index is 12.2. The van der Waals surface area contributed by atoms with E-state index in [9.17, 15) is 9.59 Å². The zero-order chi connectivity index (χ0) is 19.9. The van der Waals surface area contributed by atoms with Gasteiger partial charge in [-0.15, -0.1) is 0 Å². The lowest BCUT2D eigenvalue weighted by Crippen LogP contribution is -2.13. The fraction of sp³-hybridized carbons (Fsp3) is 0.143. The summed E-state index contributed by atoms with van der Waals surface area (Å²) in [7, 11) is 1.56. The van der Waals surface area contributed by atoms with Gasteiger partial charge in [-0.1, -0.05) is 17.7 Å². The van der Waals surface area contributed by atoms with Gasteiger partial charge in [0.25, 0.3) is 5.91 Å². The van der Waals surface area contributed by atoms with E-state index < -0.39 is 0 Å². The van der Waals surface area contributed by atoms with Crippen LogP contribution in [0.4, 0.5) is 11.4 Å². The molecule has 0 saturated heterocycles. The van der Waals surface area contributed by atoms with Gasteiger partial charge in [0.15, 0.2) is 5.76 Å². The maximum atomic E-state index is 12.2. The summed E-state index contributed by atoms with van der Waals surface area (Å²) in [6.07, 6.45) is 2.32. The molecule has 3 rings (SSSR count). The summed E-state index contributed by atoms with van der Waals surface area (Å²) in [6.45, 7) is 0. The topological polar surface area (TPSA) is 80.6 Å². The Hall–Kier alpha value is -3.25. The van der Waals surface area contributed by atoms with Crippen molar-refractivity contribution in [1.29, 1.82) is 0 Å². The number of halogens is 1. The Morgan fingerprint density at radius 3 is 2.36 bits per heavy atom. The summed E-state index contributed by atoms with van der Waals surface area (Å²) < 4.78 is 10.2. The van der Waals surface area contributed by atoms with Crippen LogP contribution in [-0.4, -0.2) is 18.9 Å². The number of nitrogens with one attached hydrogen (secondary N) is 2. The van der Waals surface area contributed by atoms with Gasteiger partial charge in [-0.3, -0.25) is 9.59 Å². The molecule has 0 fully saturated rings. The molecule has 28 heavy (non-hydrogen) atoms. The maximum Gasteiger partial charge on any atom is 0.291 e. The fourth-order valence-corrected chi connectivity index (χ4v) is 2.86. The van der Waals surface area contributed by atoms with E-state index in [-0.39, 0.29) is 17.6 Å². The van der Waals surface area contributed by atoms with Gasteiger partial charge in [0, 0.05) is 17.8 Å². The molecule has 2 N–H and O–H groups in total. The first kappa shape index (κ1) is 19.5. The lowest BCUT2D eigenvalue weighted by atomic mass is 10.1. The predicted molar refractivity (Wildman–Crippen MR) is 108 cm³/mol. The second kappa shape index (κ2) is 9.10. The number of hydrogen-bond donors (Lipinski definition) is 2. The molecule has 0 spiro atoms. The molecule has 0 bridgehead atoms. The molecule has 3 aromatic rings. The Morgan fingerprint density at radius 2 is 1.75 bits per heavy atom. The van der Waals surface area contributed by atoms with Gasteiger partial charge in [-0.05, 0) is 60.5 Å². The first-order chi connectivity index (χ1) is 13.5. The molecule has 0 unspecified atom stereocenters. The first-order valence-electron chi connectivity index (χ1n) is 8.62. The van der Waals surface area contributed by atoms with E-state index in [2.05, 4.69) is 10.6 Å². The Morgan fingerprint density at radius 1 is 1.04 bits per heavy atom. The monoisotopic (exact) mass is 398 g/mol. The summed E-state index contributed by atoms with van der Waals surface area (Å²) in [5.74, 6) is 0.393. The number of carbonyl (C=O) groups excluding carboxylic acids is 2. The van der Waals surface area contributed by atoms with Crippen molar-refractivity contribution in [3.63, 3.8) is 0 Å². The number of carbonyl (C=O) groups is 2. The quantitative estimate of drug-likeness (QED) is 0.601. The van der Waals surface area contributed by atoms with Crippen LogP contribution in [0.2, 0.25) is 5.02 Å². The van der Waals surface area contributed by atoms with Crippen molar-refractivity contribution in [2.45, 2.75) is 12.8 Å². The molecule has 6 nitrogen and oxygen atoms in total. The van der Waals surface area contributed by atoms with E-state index in [1.54, 1.807) is 55.6 Å². The van der Waals surface area contributed by atoms with Crippen LogP contribution in [0.1, 0.15) is 22.5 Å². The Bertz CT molecular complexity index is 953. The van der Waals surface area contributed by atoms with Gasteiger partial charge < -0.3 is 19.8 Å². The molecular formula is C21H19ClN2O4. The number of furan rings is 1. The molecular weight excluding hydrogens is 380 g/mol. The van der Waals surface area contributed by atoms with Crippen LogP contribution < -0.4 is 15.4 Å². The van der Waals surface area contributed by atoms with Crippen LogP contribution in [0.3, 0.4) is 0 Å². The number of ether oxygens (including phenoxy) is 1. The van der Waals surface area contributed by atoms with Crippen LogP contribution in [-0.2, 0) is 11.2 Å². The largest absolute Gasteiger partial charge is 0.495 e. The van der Waals surface area contributed by atoms with Crippen molar-refractivity contribution >= 4 is 34.8 Å². The molecule has 1 aromatic heterocycles. The summed E-state index contributed by atoms with van der Waals surface area (Å²) in [5, 5.41) is 6.07. The minimum absolute atomic E-state index is 0.112. The zero-order valence-electron chi connectivity index (χ0n) is 15.2. The van der Waals surface area contributed by atoms with Gasteiger partial charge in [0.2, 0.25) is 5.91 Å². The van der Waals surface area contributed by atoms with Gasteiger partial charge >= 0.3 is 0 Å². The van der Waals surface area contributed by atoms with Crippen LogP contribution >= 0.6 is 11.6 Å². The Labute approximate surface area is 167 Å². The second-order valence-corrected chi connectivity index (χ2v) is 6.43. The summed E-state index contributed by atoms with van der Waals surface area (Å²) in [4.78, 5) is 24.1. The fourth-order valence-electron chi connectivity index (χ4n) is 2.58. The molecule has 0 radical (unpaired) electrons. The standard InChI is InChI=1S/C21H19ClN2O4/c1-27-18-10-4-14(13-17(18)22)5-11-20(25)23-15-6-8-16(9-7-15)24-21(26)19-3-2-12-28-19/h2-4,6-10,12-13H,5,11H2,1H3,(H,23,25)(H,24,26). The summed E-state index contributed by atoms with van der Waals surface area (Å²) >= 11 is 6.10. The highest BCUT2D eigenvalue weighted by Crippen LogP contribution is 2.25. The third kappa shape index (κ3) is 5.14. The number of aryl methyl sites for hydroxylation is 1. The molecule has 0 atom stereocenters. The van der Waals surface area contributed by atoms with Crippen molar-refractivity contribution in [3.8, 4) is 5.75 Å². The molecule has 0 aliphatic heterocycles. The molecule has 0 saturated carbocycles. The predicted octanol–water partition coefficient (Wildman–Crippen LogP) is 4.77. The lowest BCUT2D eigenvalue weighted by molar-refractivity contribution is -0.116. The van der Waals surface area contributed by atoms with Crippen molar-refractivity contribution in [1.82, 2.24) is 0 Å². The van der Waals surface area contributed by atoms with E-state index in [0.717, 1.165) is 5.56 Å². The highest BCUT2D eigenvalue weighted by Gasteiger charge is 2.09. The molecule has 1 heterocycles. The second-order valence-electron chi connectivity index (χ2n) is 6.03. The Balaban J connectivity index is 1.50. The van der Waals surface area contributed by atoms with Gasteiger partial charge in [-0.2, -0.15) is 0 Å².